The van der Waals surface area contributed by atoms with E-state index in [1.54, 1.807) is 24.3 Å². The lowest BCUT2D eigenvalue weighted by Gasteiger charge is -2.23. The van der Waals surface area contributed by atoms with Crippen LogP contribution in [0.1, 0.15) is 58.4 Å². The maximum absolute atomic E-state index is 13.0. The van der Waals surface area contributed by atoms with E-state index in [-0.39, 0.29) is 18.2 Å². The zero-order chi connectivity index (χ0) is 23.3. The fourth-order valence-corrected chi connectivity index (χ4v) is 3.95. The van der Waals surface area contributed by atoms with Crippen molar-refractivity contribution >= 4 is 33.7 Å². The van der Waals surface area contributed by atoms with Crippen LogP contribution in [0.2, 0.25) is 0 Å². The minimum absolute atomic E-state index is 0.0493. The molecule has 0 aliphatic heterocycles. The van der Waals surface area contributed by atoms with Gasteiger partial charge < -0.3 is 25.4 Å². The number of amides is 2. The van der Waals surface area contributed by atoms with Crippen LogP contribution in [-0.4, -0.2) is 45.2 Å². The van der Waals surface area contributed by atoms with Crippen LogP contribution in [0.15, 0.2) is 39.7 Å². The van der Waals surface area contributed by atoms with Crippen molar-refractivity contribution in [3.63, 3.8) is 0 Å². The third-order valence-corrected chi connectivity index (χ3v) is 5.86. The third kappa shape index (κ3) is 5.76. The molecule has 2 aromatic rings. The summed E-state index contributed by atoms with van der Waals surface area (Å²) in [7, 11) is 0. The summed E-state index contributed by atoms with van der Waals surface area (Å²) in [4.78, 5) is 49.2. The molecule has 1 saturated carbocycles. The lowest BCUT2D eigenvalue weighted by Crippen LogP contribution is -2.39. The molecule has 3 rings (SSSR count). The minimum Gasteiger partial charge on any atom is -0.506 e. The average Bonchev–Trinajstić information content (AvgIpc) is 2.76. The van der Waals surface area contributed by atoms with Crippen LogP contribution in [0.4, 0.5) is 0 Å². The van der Waals surface area contributed by atoms with Crippen LogP contribution in [-0.2, 0) is 11.3 Å². The molecule has 170 valence electrons. The summed E-state index contributed by atoms with van der Waals surface area (Å²) in [5.74, 6) is -3.73. The molecule has 0 atom stereocenters. The minimum atomic E-state index is -1.31. The number of aromatic hydroxyl groups is 1. The Morgan fingerprint density at radius 3 is 2.34 bits per heavy atom. The van der Waals surface area contributed by atoms with Gasteiger partial charge in [-0.1, -0.05) is 47.3 Å². The molecular formula is C22H24BrN3O6. The SMILES string of the molecule is O=C(O)CNC(=O)c1c(O)c(C(=O)NC2CCCCC2)cn(Cc2ccc(Br)cc2)c1=O. The van der Waals surface area contributed by atoms with Gasteiger partial charge in [-0.05, 0) is 30.5 Å². The number of benzene rings is 1. The van der Waals surface area contributed by atoms with E-state index in [2.05, 4.69) is 26.6 Å². The maximum Gasteiger partial charge on any atom is 0.322 e. The van der Waals surface area contributed by atoms with Gasteiger partial charge in [-0.15, -0.1) is 0 Å². The summed E-state index contributed by atoms with van der Waals surface area (Å²) in [6.07, 6.45) is 5.94. The lowest BCUT2D eigenvalue weighted by molar-refractivity contribution is -0.135. The number of hydrogen-bond acceptors (Lipinski definition) is 5. The van der Waals surface area contributed by atoms with Crippen LogP contribution in [0.3, 0.4) is 0 Å². The molecule has 2 amide bonds. The standard InChI is InChI=1S/C22H24BrN3O6/c23-14-8-6-13(7-9-14)11-26-12-16(20(30)25-15-4-2-1-3-5-15)19(29)18(22(26)32)21(31)24-10-17(27)28/h6-9,12,15,29H,1-5,10-11H2,(H,24,31)(H,25,30)(H,27,28). The summed E-state index contributed by atoms with van der Waals surface area (Å²) >= 11 is 3.34. The van der Waals surface area contributed by atoms with Gasteiger partial charge in [-0.2, -0.15) is 0 Å². The summed E-state index contributed by atoms with van der Waals surface area (Å²) in [6.45, 7) is -0.682. The fourth-order valence-electron chi connectivity index (χ4n) is 3.68. The maximum atomic E-state index is 13.0. The van der Waals surface area contributed by atoms with Crippen LogP contribution >= 0.6 is 15.9 Å². The number of aliphatic carboxylic acids is 1. The topological polar surface area (TPSA) is 138 Å². The summed E-state index contributed by atoms with van der Waals surface area (Å²) in [6, 6.07) is 7.08. The van der Waals surface area contributed by atoms with Gasteiger partial charge in [0.05, 0.1) is 12.1 Å². The summed E-state index contributed by atoms with van der Waals surface area (Å²) in [5.41, 5.74) is -0.980. The molecule has 1 aliphatic rings. The number of hydrogen-bond donors (Lipinski definition) is 4. The summed E-state index contributed by atoms with van der Waals surface area (Å²) < 4.78 is 2.01. The Hall–Kier alpha value is -3.14. The van der Waals surface area contributed by atoms with Crippen molar-refractivity contribution in [2.75, 3.05) is 6.54 Å². The zero-order valence-electron chi connectivity index (χ0n) is 17.3. The van der Waals surface area contributed by atoms with Crippen molar-refractivity contribution in [3.8, 4) is 5.75 Å². The van der Waals surface area contributed by atoms with Crippen molar-refractivity contribution in [1.82, 2.24) is 15.2 Å². The predicted molar refractivity (Wildman–Crippen MR) is 120 cm³/mol. The van der Waals surface area contributed by atoms with Gasteiger partial charge in [-0.3, -0.25) is 19.2 Å². The normalized spacial score (nSPS) is 14.0. The monoisotopic (exact) mass is 505 g/mol. The molecule has 32 heavy (non-hydrogen) atoms. The predicted octanol–water partition coefficient (Wildman–Crippen LogP) is 2.24. The van der Waals surface area contributed by atoms with Crippen molar-refractivity contribution in [2.24, 2.45) is 0 Å². The van der Waals surface area contributed by atoms with Crippen LogP contribution in [0, 0.1) is 0 Å². The van der Waals surface area contributed by atoms with Crippen molar-refractivity contribution in [2.45, 2.75) is 44.7 Å². The zero-order valence-corrected chi connectivity index (χ0v) is 18.9. The molecule has 0 spiro atoms. The number of rotatable bonds is 7. The highest BCUT2D eigenvalue weighted by atomic mass is 79.9. The second kappa shape index (κ2) is 10.4. The van der Waals surface area contributed by atoms with Gasteiger partial charge >= 0.3 is 5.97 Å². The van der Waals surface area contributed by atoms with Crippen molar-refractivity contribution < 1.29 is 24.6 Å². The van der Waals surface area contributed by atoms with Crippen LogP contribution in [0.25, 0.3) is 0 Å². The van der Waals surface area contributed by atoms with Crippen molar-refractivity contribution in [1.29, 1.82) is 0 Å². The van der Waals surface area contributed by atoms with Gasteiger partial charge in [0.15, 0.2) is 0 Å². The number of pyridine rings is 1. The smallest absolute Gasteiger partial charge is 0.322 e. The fraction of sp³-hybridized carbons (Fsp3) is 0.364. The van der Waals surface area contributed by atoms with E-state index < -0.39 is 41.2 Å². The molecule has 0 saturated heterocycles. The second-order valence-corrected chi connectivity index (χ2v) is 8.63. The molecular weight excluding hydrogens is 482 g/mol. The van der Waals surface area contributed by atoms with Crippen molar-refractivity contribution in [3.05, 3.63) is 62.0 Å². The van der Waals surface area contributed by atoms with Crippen LogP contribution in [0.5, 0.6) is 5.75 Å². The number of aromatic nitrogens is 1. The quantitative estimate of drug-likeness (QED) is 0.455. The van der Waals surface area contributed by atoms with E-state index >= 15 is 0 Å². The van der Waals surface area contributed by atoms with E-state index in [0.29, 0.717) is 0 Å². The molecule has 4 N–H and O–H groups in total. The molecule has 0 unspecified atom stereocenters. The molecule has 1 aromatic carbocycles. The molecule has 9 nitrogen and oxygen atoms in total. The molecule has 1 heterocycles. The lowest BCUT2D eigenvalue weighted by atomic mass is 9.95. The number of carboxylic acids is 1. The molecule has 0 radical (unpaired) electrons. The third-order valence-electron chi connectivity index (χ3n) is 5.33. The van der Waals surface area contributed by atoms with Gasteiger partial charge in [-0.25, -0.2) is 0 Å². The highest BCUT2D eigenvalue weighted by Gasteiger charge is 2.26. The molecule has 1 aromatic heterocycles. The Labute approximate surface area is 192 Å². The first-order valence-corrected chi connectivity index (χ1v) is 11.1. The molecule has 1 aliphatic carbocycles. The average molecular weight is 506 g/mol. The van der Waals surface area contributed by atoms with Gasteiger partial charge in [0.1, 0.15) is 17.9 Å². The summed E-state index contributed by atoms with van der Waals surface area (Å²) in [5, 5.41) is 24.4. The number of carboxylic acid groups (broad SMARTS) is 1. The van der Waals surface area contributed by atoms with Gasteiger partial charge in [0, 0.05) is 16.7 Å². The molecule has 0 bridgehead atoms. The van der Waals surface area contributed by atoms with Gasteiger partial charge in [0.2, 0.25) is 0 Å². The van der Waals surface area contributed by atoms with E-state index in [1.807, 2.05) is 0 Å². The number of halogens is 1. The van der Waals surface area contributed by atoms with E-state index in [0.717, 1.165) is 46.7 Å². The van der Waals surface area contributed by atoms with E-state index in [9.17, 15) is 24.3 Å². The number of nitrogens with zero attached hydrogens (tertiary/aromatic N) is 1. The van der Waals surface area contributed by atoms with E-state index in [4.69, 9.17) is 5.11 Å². The first-order valence-electron chi connectivity index (χ1n) is 10.3. The number of nitrogens with one attached hydrogen (secondary N) is 2. The van der Waals surface area contributed by atoms with Crippen LogP contribution < -0.4 is 16.2 Å². The first kappa shape index (κ1) is 23.5. The Balaban J connectivity index is 2.00. The van der Waals surface area contributed by atoms with Gasteiger partial charge in [0.25, 0.3) is 17.4 Å². The molecule has 1 fully saturated rings. The highest BCUT2D eigenvalue weighted by Crippen LogP contribution is 2.23. The Morgan fingerprint density at radius 1 is 1.06 bits per heavy atom. The Morgan fingerprint density at radius 2 is 1.72 bits per heavy atom. The number of carbonyl (C=O) groups excluding carboxylic acids is 2. The first-order chi connectivity index (χ1) is 15.3. The Kier molecular flexibility index (Phi) is 7.68. The second-order valence-electron chi connectivity index (χ2n) is 7.71. The highest BCUT2D eigenvalue weighted by molar-refractivity contribution is 9.10. The van der Waals surface area contributed by atoms with E-state index in [1.165, 1.54) is 6.20 Å². The largest absolute Gasteiger partial charge is 0.506 e. The number of carbonyl (C=O) groups is 3. The Bertz CT molecular complexity index is 1070. The molecule has 10 heteroatoms.